The maximum Gasteiger partial charge on any atom is 0.305 e. The lowest BCUT2D eigenvalue weighted by Crippen LogP contribution is -2.31. The number of carbonyl (C=O) groups excluding carboxylic acids is 2. The van der Waals surface area contributed by atoms with Gasteiger partial charge in [0, 0.05) is 27.6 Å². The highest BCUT2D eigenvalue weighted by molar-refractivity contribution is 6.31. The van der Waals surface area contributed by atoms with Crippen LogP contribution >= 0.6 is 11.6 Å². The normalized spacial score (nSPS) is 11.8. The van der Waals surface area contributed by atoms with Crippen LogP contribution in [0.1, 0.15) is 88.3 Å². The van der Waals surface area contributed by atoms with Crippen LogP contribution in [0.3, 0.4) is 0 Å². The van der Waals surface area contributed by atoms with Crippen LogP contribution in [0, 0.1) is 6.92 Å². The van der Waals surface area contributed by atoms with E-state index in [0.717, 1.165) is 11.1 Å². The Morgan fingerprint density at radius 2 is 1.15 bits per heavy atom. The fourth-order valence-corrected chi connectivity index (χ4v) is 6.39. The molecule has 0 saturated heterocycles. The predicted octanol–water partition coefficient (Wildman–Crippen LogP) is 8.68. The number of carboxylic acids is 2. The molecular formula is C44H43ClN4O10. The van der Waals surface area contributed by atoms with Gasteiger partial charge in [0.1, 0.15) is 11.5 Å². The molecule has 306 valence electrons. The molecule has 6 rings (SSSR count). The van der Waals surface area contributed by atoms with Gasteiger partial charge < -0.3 is 39.2 Å². The first-order valence-corrected chi connectivity index (χ1v) is 18.8. The van der Waals surface area contributed by atoms with Crippen molar-refractivity contribution in [3.63, 3.8) is 0 Å². The number of benzene rings is 4. The molecule has 0 aliphatic rings. The molecule has 15 heteroatoms. The number of oxazole rings is 2. The second kappa shape index (κ2) is 20.0. The molecule has 59 heavy (non-hydrogen) atoms. The Bertz CT molecular complexity index is 2400. The number of carboxylic acid groups (broad SMARTS) is 2. The van der Waals surface area contributed by atoms with Crippen LogP contribution in [-0.4, -0.2) is 58.2 Å². The predicted molar refractivity (Wildman–Crippen MR) is 219 cm³/mol. The van der Waals surface area contributed by atoms with Crippen LogP contribution in [-0.2, 0) is 9.59 Å². The van der Waals surface area contributed by atoms with E-state index in [1.165, 1.54) is 14.2 Å². The van der Waals surface area contributed by atoms with Gasteiger partial charge in [-0.1, -0.05) is 92.2 Å². The molecule has 4 N–H and O–H groups in total. The van der Waals surface area contributed by atoms with Crippen molar-refractivity contribution in [3.8, 4) is 34.4 Å². The number of carbonyl (C=O) groups is 4. The summed E-state index contributed by atoms with van der Waals surface area (Å²) < 4.78 is 22.2. The first-order chi connectivity index (χ1) is 28.3. The van der Waals surface area contributed by atoms with Gasteiger partial charge in [-0.05, 0) is 48.9 Å². The van der Waals surface area contributed by atoms with Gasteiger partial charge in [-0.2, -0.15) is 0 Å². The number of methoxy groups -OCH3 is 2. The topological polar surface area (TPSA) is 203 Å². The molecule has 14 nitrogen and oxygen atoms in total. The molecule has 0 spiro atoms. The minimum absolute atomic E-state index is 0.0843. The summed E-state index contributed by atoms with van der Waals surface area (Å²) in [6.45, 7) is 5.43. The van der Waals surface area contributed by atoms with E-state index in [1.807, 2.05) is 74.5 Å². The van der Waals surface area contributed by atoms with Gasteiger partial charge in [0.05, 0.1) is 39.1 Å². The first kappa shape index (κ1) is 43.2. The number of nitrogens with zero attached hydrogens (tertiary/aromatic N) is 2. The third-order valence-electron chi connectivity index (χ3n) is 8.90. The van der Waals surface area contributed by atoms with E-state index in [9.17, 15) is 29.4 Å². The highest BCUT2D eigenvalue weighted by Gasteiger charge is 2.29. The molecule has 0 aliphatic heterocycles. The zero-order chi connectivity index (χ0) is 42.6. The van der Waals surface area contributed by atoms with Crippen LogP contribution < -0.4 is 20.1 Å². The van der Waals surface area contributed by atoms with Crippen LogP contribution in [0.15, 0.2) is 112 Å². The van der Waals surface area contributed by atoms with Crippen molar-refractivity contribution in [2.45, 2.75) is 51.6 Å². The molecule has 0 aliphatic carbocycles. The van der Waals surface area contributed by atoms with Gasteiger partial charge in [0.25, 0.3) is 11.8 Å². The number of rotatable bonds is 15. The number of halogens is 1. The Kier molecular flexibility index (Phi) is 14.6. The summed E-state index contributed by atoms with van der Waals surface area (Å²) in [7, 11) is 2.94. The van der Waals surface area contributed by atoms with E-state index in [0.29, 0.717) is 51.0 Å². The Morgan fingerprint density at radius 3 is 1.68 bits per heavy atom. The maximum absolute atomic E-state index is 13.0. The largest absolute Gasteiger partial charge is 0.493 e. The summed E-state index contributed by atoms with van der Waals surface area (Å²) >= 11 is 6.22. The number of nitrogens with one attached hydrogen (secondary N) is 2. The number of aryl methyl sites for hydroxylation is 1. The van der Waals surface area contributed by atoms with Gasteiger partial charge >= 0.3 is 11.9 Å². The van der Waals surface area contributed by atoms with E-state index in [2.05, 4.69) is 20.6 Å². The SMILES string of the molecule is CC(C)c1oc(-c2ccccc2)nc1C(=O)N[C@@H](CC(=O)O)c1ccccc1Cl.COc1cccc([C@H](CC(=O)O)NC(=O)c2nc(-c3ccccc3)oc2C)c1OC. The Morgan fingerprint density at radius 1 is 0.661 bits per heavy atom. The molecule has 2 heterocycles. The van der Waals surface area contributed by atoms with Crippen LogP contribution in [0.2, 0.25) is 5.02 Å². The molecule has 2 aromatic heterocycles. The average molecular weight is 823 g/mol. The molecule has 0 unspecified atom stereocenters. The van der Waals surface area contributed by atoms with Crippen molar-refractivity contribution in [2.75, 3.05) is 14.2 Å². The van der Waals surface area contributed by atoms with Crippen molar-refractivity contribution >= 4 is 35.4 Å². The standard InChI is InChI=1S/C22H21ClN2O4.C22H22N2O6/c1-13(2)20-19(25-22(29-20)14-8-4-3-5-9-14)21(28)24-17(12-18(26)27)15-10-6-7-11-16(15)23;1-13-19(24-22(30-13)14-8-5-4-6-9-14)21(27)23-16(12-18(25)26)15-10-7-11-17(28-2)20(15)29-3/h3-11,13,17H,12H2,1-2H3,(H,24,28)(H,26,27);4-11,16H,12H2,1-3H3,(H,23,27)(H,25,26)/t17-;16-/m00/s1. The molecule has 4 aromatic carbocycles. The molecule has 6 aromatic rings. The zero-order valence-corrected chi connectivity index (χ0v) is 33.6. The lowest BCUT2D eigenvalue weighted by molar-refractivity contribution is -0.138. The lowest BCUT2D eigenvalue weighted by atomic mass is 10.0. The third-order valence-corrected chi connectivity index (χ3v) is 9.25. The summed E-state index contributed by atoms with van der Waals surface area (Å²) in [6, 6.07) is 28.7. The van der Waals surface area contributed by atoms with Crippen LogP contribution in [0.5, 0.6) is 11.5 Å². The molecule has 0 saturated carbocycles. The van der Waals surface area contributed by atoms with Crippen molar-refractivity contribution in [1.82, 2.24) is 20.6 Å². The highest BCUT2D eigenvalue weighted by Crippen LogP contribution is 2.36. The Labute approximate surface area is 345 Å². The molecule has 2 atom stereocenters. The first-order valence-electron chi connectivity index (χ1n) is 18.4. The summed E-state index contributed by atoms with van der Waals surface area (Å²) in [5, 5.41) is 24.5. The minimum atomic E-state index is -1.08. The number of para-hydroxylation sites is 1. The van der Waals surface area contributed by atoms with Crippen molar-refractivity contribution in [3.05, 3.63) is 142 Å². The monoisotopic (exact) mass is 822 g/mol. The van der Waals surface area contributed by atoms with E-state index in [4.69, 9.17) is 29.9 Å². The second-order valence-corrected chi connectivity index (χ2v) is 13.8. The Hall–Kier alpha value is -6.93. The molecule has 2 amide bonds. The summed E-state index contributed by atoms with van der Waals surface area (Å²) in [4.78, 5) is 57.4. The Balaban J connectivity index is 0.000000224. The smallest absolute Gasteiger partial charge is 0.305 e. The van der Waals surface area contributed by atoms with Crippen molar-refractivity contribution in [1.29, 1.82) is 0 Å². The molecular weight excluding hydrogens is 780 g/mol. The van der Waals surface area contributed by atoms with E-state index >= 15 is 0 Å². The third kappa shape index (κ3) is 10.9. The molecule has 0 bridgehead atoms. The number of hydrogen-bond donors (Lipinski definition) is 4. The van der Waals surface area contributed by atoms with Crippen LogP contribution in [0.25, 0.3) is 22.9 Å². The minimum Gasteiger partial charge on any atom is -0.493 e. The van der Waals surface area contributed by atoms with Crippen molar-refractivity contribution < 1.29 is 47.7 Å². The summed E-state index contributed by atoms with van der Waals surface area (Å²) in [5.74, 6) is -1.06. The number of ether oxygens (including phenoxy) is 2. The zero-order valence-electron chi connectivity index (χ0n) is 32.9. The lowest BCUT2D eigenvalue weighted by Gasteiger charge is -2.21. The fraction of sp³-hybridized carbons (Fsp3) is 0.227. The summed E-state index contributed by atoms with van der Waals surface area (Å²) in [5.41, 5.74) is 2.73. The van der Waals surface area contributed by atoms with Crippen molar-refractivity contribution in [2.24, 2.45) is 0 Å². The molecule has 0 radical (unpaired) electrons. The number of aliphatic carboxylic acids is 2. The quantitative estimate of drug-likeness (QED) is 0.0768. The summed E-state index contributed by atoms with van der Waals surface area (Å²) in [6.07, 6.45) is -0.659. The van der Waals surface area contributed by atoms with Gasteiger partial charge in [0.2, 0.25) is 11.8 Å². The maximum atomic E-state index is 13.0. The number of aromatic nitrogens is 2. The van der Waals surface area contributed by atoms with Crippen LogP contribution in [0.4, 0.5) is 0 Å². The number of hydrogen-bond acceptors (Lipinski definition) is 10. The van der Waals surface area contributed by atoms with E-state index in [1.54, 1.807) is 49.4 Å². The number of amides is 2. The fourth-order valence-electron chi connectivity index (χ4n) is 6.13. The van der Waals surface area contributed by atoms with Gasteiger partial charge in [-0.25, -0.2) is 9.97 Å². The highest BCUT2D eigenvalue weighted by atomic mass is 35.5. The van der Waals surface area contributed by atoms with E-state index in [-0.39, 0.29) is 30.1 Å². The average Bonchev–Trinajstić information content (AvgIpc) is 3.86. The van der Waals surface area contributed by atoms with Gasteiger partial charge in [-0.15, -0.1) is 0 Å². The van der Waals surface area contributed by atoms with Gasteiger partial charge in [0.15, 0.2) is 22.9 Å². The second-order valence-electron chi connectivity index (χ2n) is 13.4. The van der Waals surface area contributed by atoms with E-state index < -0.39 is 35.8 Å². The molecule has 0 fully saturated rings. The van der Waals surface area contributed by atoms with Gasteiger partial charge in [-0.3, -0.25) is 19.2 Å².